The molecule has 2 aromatic rings. The molecule has 27 heavy (non-hydrogen) atoms. The normalized spacial score (nSPS) is 18.0. The molecule has 142 valence electrons. The predicted molar refractivity (Wildman–Crippen MR) is 109 cm³/mol. The second-order valence-electron chi connectivity index (χ2n) is 7.52. The van der Waals surface area contributed by atoms with Crippen LogP contribution in [0.25, 0.3) is 5.57 Å². The molecule has 0 N–H and O–H groups in total. The Morgan fingerprint density at radius 2 is 1.78 bits per heavy atom. The van der Waals surface area contributed by atoms with Crippen molar-refractivity contribution in [3.63, 3.8) is 0 Å². The van der Waals surface area contributed by atoms with Crippen molar-refractivity contribution in [3.8, 4) is 0 Å². The van der Waals surface area contributed by atoms with E-state index in [1.807, 2.05) is 24.4 Å². The van der Waals surface area contributed by atoms with Crippen LogP contribution in [0.2, 0.25) is 0 Å². The van der Waals surface area contributed by atoms with E-state index in [2.05, 4.69) is 17.9 Å². The SMILES string of the molecule is CCN1CCC(=C2c3ccc(S(C)(=O)=O)cc3CCc3cccnc32)CC1. The van der Waals surface area contributed by atoms with E-state index in [9.17, 15) is 8.42 Å². The number of aromatic nitrogens is 1. The molecule has 1 aromatic carbocycles. The van der Waals surface area contributed by atoms with E-state index in [0.29, 0.717) is 4.90 Å². The maximum atomic E-state index is 12.0. The molecular weight excluding hydrogens is 356 g/mol. The molecule has 0 radical (unpaired) electrons. The lowest BCUT2D eigenvalue weighted by Gasteiger charge is -2.29. The molecule has 0 bridgehead atoms. The van der Waals surface area contributed by atoms with Gasteiger partial charge in [-0.3, -0.25) is 4.98 Å². The molecule has 0 unspecified atom stereocenters. The summed E-state index contributed by atoms with van der Waals surface area (Å²) in [6.07, 6.45) is 6.98. The molecule has 1 aliphatic heterocycles. The highest BCUT2D eigenvalue weighted by Crippen LogP contribution is 2.38. The number of nitrogens with zero attached hydrogens (tertiary/aromatic N) is 2. The summed E-state index contributed by atoms with van der Waals surface area (Å²) in [5.74, 6) is 0. The minimum atomic E-state index is -3.21. The first-order valence-electron chi connectivity index (χ1n) is 9.69. The molecular formula is C22H26N2O2S. The summed E-state index contributed by atoms with van der Waals surface area (Å²) < 4.78 is 24.1. The van der Waals surface area contributed by atoms with Crippen molar-refractivity contribution in [1.29, 1.82) is 0 Å². The van der Waals surface area contributed by atoms with E-state index in [0.717, 1.165) is 56.6 Å². The van der Waals surface area contributed by atoms with Crippen molar-refractivity contribution in [2.24, 2.45) is 0 Å². The minimum absolute atomic E-state index is 0.408. The summed E-state index contributed by atoms with van der Waals surface area (Å²) in [7, 11) is -3.21. The molecule has 1 fully saturated rings. The van der Waals surface area contributed by atoms with Gasteiger partial charge in [-0.2, -0.15) is 0 Å². The number of pyridine rings is 1. The second-order valence-corrected chi connectivity index (χ2v) is 9.53. The fourth-order valence-electron chi connectivity index (χ4n) is 4.26. The van der Waals surface area contributed by atoms with Crippen LogP contribution in [0.4, 0.5) is 0 Å². The Balaban J connectivity index is 1.89. The number of aryl methyl sites for hydroxylation is 2. The quantitative estimate of drug-likeness (QED) is 0.798. The largest absolute Gasteiger partial charge is 0.303 e. The molecule has 5 heteroatoms. The summed E-state index contributed by atoms with van der Waals surface area (Å²) in [5.41, 5.74) is 7.33. The third-order valence-electron chi connectivity index (χ3n) is 5.83. The van der Waals surface area contributed by atoms with Crippen LogP contribution in [0.1, 0.15) is 42.1 Å². The molecule has 0 atom stereocenters. The van der Waals surface area contributed by atoms with Gasteiger partial charge in [0, 0.05) is 31.1 Å². The summed E-state index contributed by atoms with van der Waals surface area (Å²) in [5, 5.41) is 0. The molecule has 0 amide bonds. The van der Waals surface area contributed by atoms with E-state index < -0.39 is 9.84 Å². The van der Waals surface area contributed by atoms with Crippen molar-refractivity contribution in [2.75, 3.05) is 25.9 Å². The number of likely N-dealkylation sites (tertiary alicyclic amines) is 1. The summed E-state index contributed by atoms with van der Waals surface area (Å²) in [6, 6.07) is 9.79. The lowest BCUT2D eigenvalue weighted by atomic mass is 9.88. The van der Waals surface area contributed by atoms with Crippen LogP contribution in [0.5, 0.6) is 0 Å². The fourth-order valence-corrected chi connectivity index (χ4v) is 4.93. The van der Waals surface area contributed by atoms with Crippen molar-refractivity contribution in [1.82, 2.24) is 9.88 Å². The molecule has 4 nitrogen and oxygen atoms in total. The first-order chi connectivity index (χ1) is 13.0. The van der Waals surface area contributed by atoms with Crippen LogP contribution in [-0.2, 0) is 22.7 Å². The highest BCUT2D eigenvalue weighted by atomic mass is 32.2. The maximum absolute atomic E-state index is 12.0. The molecule has 1 aromatic heterocycles. The zero-order valence-electron chi connectivity index (χ0n) is 16.0. The zero-order chi connectivity index (χ0) is 19.0. The predicted octanol–water partition coefficient (Wildman–Crippen LogP) is 3.50. The molecule has 0 spiro atoms. The smallest absolute Gasteiger partial charge is 0.175 e. The van der Waals surface area contributed by atoms with Crippen molar-refractivity contribution >= 4 is 15.4 Å². The molecule has 2 aliphatic rings. The summed E-state index contributed by atoms with van der Waals surface area (Å²) in [6.45, 7) is 5.46. The number of benzene rings is 1. The Bertz CT molecular complexity index is 999. The first kappa shape index (κ1) is 18.4. The van der Waals surface area contributed by atoms with Crippen molar-refractivity contribution < 1.29 is 8.42 Å². The van der Waals surface area contributed by atoms with Gasteiger partial charge in [0.05, 0.1) is 10.6 Å². The third kappa shape index (κ3) is 3.58. The van der Waals surface area contributed by atoms with Gasteiger partial charge in [0.25, 0.3) is 0 Å². The lowest BCUT2D eigenvalue weighted by Crippen LogP contribution is -2.30. The van der Waals surface area contributed by atoms with Gasteiger partial charge in [0.15, 0.2) is 9.84 Å². The molecule has 0 saturated carbocycles. The van der Waals surface area contributed by atoms with Gasteiger partial charge in [-0.05, 0) is 67.1 Å². The Morgan fingerprint density at radius 1 is 1.04 bits per heavy atom. The number of piperidine rings is 1. The van der Waals surface area contributed by atoms with Crippen LogP contribution in [0.3, 0.4) is 0 Å². The minimum Gasteiger partial charge on any atom is -0.303 e. The number of rotatable bonds is 2. The van der Waals surface area contributed by atoms with Gasteiger partial charge in [0.2, 0.25) is 0 Å². The monoisotopic (exact) mass is 382 g/mol. The lowest BCUT2D eigenvalue weighted by molar-refractivity contribution is 0.270. The Labute approximate surface area is 161 Å². The van der Waals surface area contributed by atoms with Gasteiger partial charge in [0.1, 0.15) is 0 Å². The Hall–Kier alpha value is -1.98. The number of hydrogen-bond acceptors (Lipinski definition) is 4. The highest BCUT2D eigenvalue weighted by Gasteiger charge is 2.25. The van der Waals surface area contributed by atoms with E-state index in [4.69, 9.17) is 4.98 Å². The summed E-state index contributed by atoms with van der Waals surface area (Å²) >= 11 is 0. The molecule has 1 aliphatic carbocycles. The molecule has 4 rings (SSSR count). The van der Waals surface area contributed by atoms with Crippen molar-refractivity contribution in [3.05, 3.63) is 64.5 Å². The van der Waals surface area contributed by atoms with E-state index in [1.54, 1.807) is 6.07 Å². The number of hydrogen-bond donors (Lipinski definition) is 0. The van der Waals surface area contributed by atoms with Gasteiger partial charge >= 0.3 is 0 Å². The Kier molecular flexibility index (Phi) is 4.91. The number of sulfone groups is 1. The standard InChI is InChI=1S/C22H26N2O2S/c1-3-24-13-10-16(11-14-24)21-20-9-8-19(27(2,25)26)15-18(20)7-6-17-5-4-12-23-22(17)21/h4-5,8-9,12,15H,3,6-7,10-11,13-14H2,1-2H3. The average Bonchev–Trinajstić information content (AvgIpc) is 2.84. The maximum Gasteiger partial charge on any atom is 0.175 e. The van der Waals surface area contributed by atoms with Gasteiger partial charge in [-0.25, -0.2) is 8.42 Å². The topological polar surface area (TPSA) is 50.3 Å². The molecule has 2 heterocycles. The van der Waals surface area contributed by atoms with Gasteiger partial charge < -0.3 is 4.90 Å². The zero-order valence-corrected chi connectivity index (χ0v) is 16.8. The van der Waals surface area contributed by atoms with Crippen LogP contribution in [0, 0.1) is 0 Å². The van der Waals surface area contributed by atoms with Gasteiger partial charge in [-0.1, -0.05) is 24.6 Å². The Morgan fingerprint density at radius 3 is 2.48 bits per heavy atom. The van der Waals surface area contributed by atoms with Crippen LogP contribution < -0.4 is 0 Å². The third-order valence-corrected chi connectivity index (χ3v) is 6.94. The highest BCUT2D eigenvalue weighted by molar-refractivity contribution is 7.90. The van der Waals surface area contributed by atoms with Crippen molar-refractivity contribution in [2.45, 2.75) is 37.5 Å². The fraction of sp³-hybridized carbons (Fsp3) is 0.409. The first-order valence-corrected chi connectivity index (χ1v) is 11.6. The van der Waals surface area contributed by atoms with E-state index in [1.165, 1.54) is 28.5 Å². The van der Waals surface area contributed by atoms with E-state index in [-0.39, 0.29) is 0 Å². The van der Waals surface area contributed by atoms with E-state index >= 15 is 0 Å². The average molecular weight is 383 g/mol. The van der Waals surface area contributed by atoms with Crippen LogP contribution >= 0.6 is 0 Å². The van der Waals surface area contributed by atoms with Gasteiger partial charge in [-0.15, -0.1) is 0 Å². The summed E-state index contributed by atoms with van der Waals surface area (Å²) in [4.78, 5) is 7.64. The van der Waals surface area contributed by atoms with Crippen LogP contribution in [-0.4, -0.2) is 44.2 Å². The van der Waals surface area contributed by atoms with Crippen LogP contribution in [0.15, 0.2) is 47.0 Å². The second kappa shape index (κ2) is 7.21. The molecule has 1 saturated heterocycles. The number of fused-ring (bicyclic) bond motifs is 2.